The number of amidine groups is 1. The lowest BCUT2D eigenvalue weighted by Gasteiger charge is -2.14. The van der Waals surface area contributed by atoms with Crippen LogP contribution in [0.1, 0.15) is 16.2 Å². The van der Waals surface area contributed by atoms with Crippen LogP contribution in [0.5, 0.6) is 0 Å². The first kappa shape index (κ1) is 18.9. The number of hydrogen-bond acceptors (Lipinski definition) is 6. The average molecular weight is 415 g/mol. The molecular formula is C22H18FN7O. The van der Waals surface area contributed by atoms with Crippen LogP contribution in [0.25, 0.3) is 16.5 Å². The summed E-state index contributed by atoms with van der Waals surface area (Å²) < 4.78 is 16.0. The molecule has 0 saturated heterocycles. The van der Waals surface area contributed by atoms with Gasteiger partial charge in [0.25, 0.3) is 5.91 Å². The highest BCUT2D eigenvalue weighted by molar-refractivity contribution is 6.03. The summed E-state index contributed by atoms with van der Waals surface area (Å²) in [4.78, 5) is 19.2. The topological polar surface area (TPSA) is 88.3 Å². The summed E-state index contributed by atoms with van der Waals surface area (Å²) in [5.41, 5.74) is 1.34. The average Bonchev–Trinajstić information content (AvgIpc) is 3.44. The number of aromatic nitrogens is 4. The molecule has 154 valence electrons. The number of halogens is 1. The molecule has 4 aromatic rings. The number of carbonyl (C=O) groups is 1. The number of benzene rings is 3. The molecule has 0 fully saturated rings. The first-order valence-corrected chi connectivity index (χ1v) is 9.74. The van der Waals surface area contributed by atoms with Crippen LogP contribution in [0.3, 0.4) is 0 Å². The number of nitrogens with one attached hydrogen (secondary N) is 1. The molecule has 9 heteroatoms. The minimum Gasteiger partial charge on any atom is -0.358 e. The molecule has 8 nitrogen and oxygen atoms in total. The molecule has 1 aliphatic rings. The summed E-state index contributed by atoms with van der Waals surface area (Å²) in [7, 11) is 1.91. The van der Waals surface area contributed by atoms with Crippen LogP contribution in [0, 0.1) is 5.82 Å². The predicted octanol–water partition coefficient (Wildman–Crippen LogP) is 2.90. The van der Waals surface area contributed by atoms with Gasteiger partial charge in [0.15, 0.2) is 0 Å². The SMILES string of the molecule is CN1CCN=C1c1ccc(NC(=O)c2nnnn2-c2ccc3ccccc3c2)c(F)c1. The molecular weight excluding hydrogens is 397 g/mol. The Balaban J connectivity index is 1.41. The summed E-state index contributed by atoms with van der Waals surface area (Å²) in [5.74, 6) is -0.477. The van der Waals surface area contributed by atoms with Crippen LogP contribution < -0.4 is 5.32 Å². The monoisotopic (exact) mass is 415 g/mol. The minimum absolute atomic E-state index is 0.0429. The molecule has 0 atom stereocenters. The van der Waals surface area contributed by atoms with E-state index in [0.29, 0.717) is 17.8 Å². The molecule has 1 aliphatic heterocycles. The maximum absolute atomic E-state index is 14.7. The number of aliphatic imine (C=N–C) groups is 1. The second kappa shape index (κ2) is 7.60. The zero-order chi connectivity index (χ0) is 21.4. The molecule has 0 radical (unpaired) electrons. The molecule has 3 aromatic carbocycles. The Morgan fingerprint density at radius 1 is 1.06 bits per heavy atom. The Morgan fingerprint density at radius 2 is 1.90 bits per heavy atom. The van der Waals surface area contributed by atoms with Gasteiger partial charge in [0.1, 0.15) is 11.7 Å². The molecule has 0 spiro atoms. The fourth-order valence-corrected chi connectivity index (χ4v) is 3.59. The van der Waals surface area contributed by atoms with Crippen molar-refractivity contribution < 1.29 is 9.18 Å². The zero-order valence-electron chi connectivity index (χ0n) is 16.7. The third-order valence-corrected chi connectivity index (χ3v) is 5.18. The zero-order valence-corrected chi connectivity index (χ0v) is 16.7. The Morgan fingerprint density at radius 3 is 2.68 bits per heavy atom. The number of tetrazole rings is 1. The lowest BCUT2D eigenvalue weighted by Crippen LogP contribution is -2.23. The van der Waals surface area contributed by atoms with Crippen molar-refractivity contribution in [1.82, 2.24) is 25.1 Å². The Bertz CT molecular complexity index is 1330. The van der Waals surface area contributed by atoms with Crippen LogP contribution in [0.2, 0.25) is 0 Å². The molecule has 0 saturated carbocycles. The van der Waals surface area contributed by atoms with E-state index in [4.69, 9.17) is 0 Å². The third kappa shape index (κ3) is 3.50. The summed E-state index contributed by atoms with van der Waals surface area (Å²) in [6.07, 6.45) is 0. The lowest BCUT2D eigenvalue weighted by atomic mass is 10.1. The second-order valence-electron chi connectivity index (χ2n) is 7.22. The number of amides is 1. The van der Waals surface area contributed by atoms with Crippen molar-refractivity contribution in [3.8, 4) is 5.69 Å². The fraction of sp³-hybridized carbons (Fsp3) is 0.136. The summed E-state index contributed by atoms with van der Waals surface area (Å²) >= 11 is 0. The number of likely N-dealkylation sites (N-methyl/N-ethyl adjacent to an activating group) is 1. The molecule has 31 heavy (non-hydrogen) atoms. The van der Waals surface area contributed by atoms with Gasteiger partial charge in [-0.1, -0.05) is 30.3 Å². The quantitative estimate of drug-likeness (QED) is 0.554. The second-order valence-corrected chi connectivity index (χ2v) is 7.22. The van der Waals surface area contributed by atoms with Crippen LogP contribution in [0.15, 0.2) is 65.7 Å². The van der Waals surface area contributed by atoms with Crippen molar-refractivity contribution in [2.45, 2.75) is 0 Å². The van der Waals surface area contributed by atoms with E-state index in [9.17, 15) is 9.18 Å². The van der Waals surface area contributed by atoms with Gasteiger partial charge in [-0.15, -0.1) is 5.10 Å². The van der Waals surface area contributed by atoms with Crippen LogP contribution in [-0.2, 0) is 0 Å². The highest BCUT2D eigenvalue weighted by Gasteiger charge is 2.20. The van der Waals surface area contributed by atoms with Crippen molar-refractivity contribution in [3.63, 3.8) is 0 Å². The number of anilines is 1. The normalized spacial score (nSPS) is 13.5. The van der Waals surface area contributed by atoms with Crippen LogP contribution in [0.4, 0.5) is 10.1 Å². The molecule has 0 bridgehead atoms. The third-order valence-electron chi connectivity index (χ3n) is 5.18. The van der Waals surface area contributed by atoms with E-state index in [1.807, 2.05) is 54.4 Å². The van der Waals surface area contributed by atoms with Gasteiger partial charge >= 0.3 is 0 Å². The molecule has 0 aliphatic carbocycles. The molecule has 1 amide bonds. The fourth-order valence-electron chi connectivity index (χ4n) is 3.59. The van der Waals surface area contributed by atoms with Gasteiger partial charge in [0, 0.05) is 19.2 Å². The van der Waals surface area contributed by atoms with E-state index >= 15 is 0 Å². The number of fused-ring (bicyclic) bond motifs is 1. The van der Waals surface area contributed by atoms with Gasteiger partial charge in [-0.2, -0.15) is 4.68 Å². The van der Waals surface area contributed by atoms with E-state index < -0.39 is 11.7 Å². The first-order chi connectivity index (χ1) is 15.1. The summed E-state index contributed by atoms with van der Waals surface area (Å²) in [6.45, 7) is 1.48. The van der Waals surface area contributed by atoms with Gasteiger partial charge in [-0.3, -0.25) is 9.79 Å². The molecule has 5 rings (SSSR count). The van der Waals surface area contributed by atoms with E-state index in [1.165, 1.54) is 16.8 Å². The minimum atomic E-state index is -0.611. The first-order valence-electron chi connectivity index (χ1n) is 9.74. The van der Waals surface area contributed by atoms with Crippen molar-refractivity contribution in [2.75, 3.05) is 25.5 Å². The Kier molecular flexibility index (Phi) is 4.62. The van der Waals surface area contributed by atoms with Crippen molar-refractivity contribution in [2.24, 2.45) is 4.99 Å². The number of nitrogens with zero attached hydrogens (tertiary/aromatic N) is 6. The van der Waals surface area contributed by atoms with Gasteiger partial charge in [0.2, 0.25) is 5.82 Å². The maximum atomic E-state index is 14.7. The molecule has 0 unspecified atom stereocenters. The van der Waals surface area contributed by atoms with Crippen LogP contribution >= 0.6 is 0 Å². The highest BCUT2D eigenvalue weighted by Crippen LogP contribution is 2.21. The maximum Gasteiger partial charge on any atom is 0.295 e. The largest absolute Gasteiger partial charge is 0.358 e. The Labute approximate surface area is 177 Å². The van der Waals surface area contributed by atoms with Gasteiger partial charge in [-0.05, 0) is 51.5 Å². The van der Waals surface area contributed by atoms with Crippen molar-refractivity contribution >= 4 is 28.2 Å². The predicted molar refractivity (Wildman–Crippen MR) is 115 cm³/mol. The van der Waals surface area contributed by atoms with E-state index in [1.54, 1.807) is 6.07 Å². The van der Waals surface area contributed by atoms with Gasteiger partial charge in [0.05, 0.1) is 17.9 Å². The van der Waals surface area contributed by atoms with E-state index in [0.717, 1.165) is 23.2 Å². The molecule has 1 N–H and O–H groups in total. The number of hydrogen-bond donors (Lipinski definition) is 1. The standard InChI is InChI=1S/C22H18FN7O/c1-29-11-10-24-20(29)16-7-9-19(18(23)13-16)25-22(31)21-26-27-28-30(21)17-8-6-14-4-2-3-5-15(14)12-17/h2-9,12-13H,10-11H2,1H3,(H,25,31). The lowest BCUT2D eigenvalue weighted by molar-refractivity contribution is 0.101. The Hall–Kier alpha value is -4.14. The number of rotatable bonds is 4. The highest BCUT2D eigenvalue weighted by atomic mass is 19.1. The van der Waals surface area contributed by atoms with E-state index in [-0.39, 0.29) is 11.5 Å². The molecule has 2 heterocycles. The van der Waals surface area contributed by atoms with Gasteiger partial charge in [-0.25, -0.2) is 4.39 Å². The van der Waals surface area contributed by atoms with E-state index in [2.05, 4.69) is 25.8 Å². The van der Waals surface area contributed by atoms with Crippen molar-refractivity contribution in [3.05, 3.63) is 77.9 Å². The number of carbonyl (C=O) groups excluding carboxylic acids is 1. The smallest absolute Gasteiger partial charge is 0.295 e. The molecule has 1 aromatic heterocycles. The van der Waals surface area contributed by atoms with Crippen LogP contribution in [-0.4, -0.2) is 57.0 Å². The van der Waals surface area contributed by atoms with Crippen molar-refractivity contribution in [1.29, 1.82) is 0 Å². The summed E-state index contributed by atoms with van der Waals surface area (Å²) in [6, 6.07) is 18.1. The summed E-state index contributed by atoms with van der Waals surface area (Å²) in [5, 5.41) is 16.0. The van der Waals surface area contributed by atoms with Gasteiger partial charge < -0.3 is 10.2 Å².